The first-order valence-electron chi connectivity index (χ1n) is 6.18. The summed E-state index contributed by atoms with van der Waals surface area (Å²) in [6, 6.07) is 11.8. The van der Waals surface area contributed by atoms with E-state index in [2.05, 4.69) is 31.6 Å². The third-order valence-electron chi connectivity index (χ3n) is 2.97. The lowest BCUT2D eigenvalue weighted by molar-refractivity contribution is 0.595. The molecule has 3 nitrogen and oxygen atoms in total. The Morgan fingerprint density at radius 1 is 1.05 bits per heavy atom. The fourth-order valence-corrected chi connectivity index (χ4v) is 2.75. The van der Waals surface area contributed by atoms with Gasteiger partial charge in [-0.15, -0.1) is 0 Å². The predicted molar refractivity (Wildman–Crippen MR) is 81.1 cm³/mol. The average molecular weight is 277 g/mol. The molecule has 0 aliphatic heterocycles. The lowest BCUT2D eigenvalue weighted by Gasteiger charge is -2.22. The Morgan fingerprint density at radius 3 is 2.26 bits per heavy atom. The van der Waals surface area contributed by atoms with E-state index in [4.69, 9.17) is 0 Å². The third-order valence-corrected chi connectivity index (χ3v) is 3.58. The first-order chi connectivity index (χ1) is 8.67. The van der Waals surface area contributed by atoms with Crippen LogP contribution in [0.25, 0.3) is 10.8 Å². The van der Waals surface area contributed by atoms with Crippen molar-refractivity contribution in [2.75, 3.05) is 11.0 Å². The molecule has 0 saturated carbocycles. The maximum absolute atomic E-state index is 11.4. The fourth-order valence-electron chi connectivity index (χ4n) is 2.20. The van der Waals surface area contributed by atoms with Crippen LogP contribution in [0.15, 0.2) is 36.4 Å². The van der Waals surface area contributed by atoms with Gasteiger partial charge in [0.1, 0.15) is 0 Å². The average Bonchev–Trinajstić information content (AvgIpc) is 2.24. The number of rotatable bonds is 2. The molecule has 0 radical (unpaired) electrons. The van der Waals surface area contributed by atoms with Crippen LogP contribution in [0, 0.1) is 0 Å². The van der Waals surface area contributed by atoms with Crippen molar-refractivity contribution in [2.24, 2.45) is 0 Å². The summed E-state index contributed by atoms with van der Waals surface area (Å²) in [6.07, 6.45) is 1.17. The molecule has 0 spiro atoms. The molecule has 102 valence electrons. The van der Waals surface area contributed by atoms with Crippen molar-refractivity contribution in [1.82, 2.24) is 0 Å². The molecule has 2 rings (SSSR count). The zero-order valence-corrected chi connectivity index (χ0v) is 12.5. The van der Waals surface area contributed by atoms with Gasteiger partial charge < -0.3 is 0 Å². The number of benzene rings is 2. The summed E-state index contributed by atoms with van der Waals surface area (Å²) >= 11 is 0. The number of nitrogens with one attached hydrogen (secondary N) is 1. The van der Waals surface area contributed by atoms with E-state index in [1.165, 1.54) is 6.26 Å². The van der Waals surface area contributed by atoms with E-state index >= 15 is 0 Å². The van der Waals surface area contributed by atoms with Crippen LogP contribution in [-0.4, -0.2) is 14.7 Å². The zero-order valence-electron chi connectivity index (χ0n) is 11.7. The highest BCUT2D eigenvalue weighted by molar-refractivity contribution is 7.92. The van der Waals surface area contributed by atoms with E-state index in [1.807, 2.05) is 30.3 Å². The molecule has 0 fully saturated rings. The van der Waals surface area contributed by atoms with Crippen LogP contribution in [0.5, 0.6) is 0 Å². The molecule has 0 aliphatic carbocycles. The Hall–Kier alpha value is -1.55. The van der Waals surface area contributed by atoms with E-state index in [0.29, 0.717) is 5.69 Å². The Kier molecular flexibility index (Phi) is 3.31. The molecule has 0 aliphatic rings. The summed E-state index contributed by atoms with van der Waals surface area (Å²) < 4.78 is 25.3. The molecule has 0 aromatic heterocycles. The maximum Gasteiger partial charge on any atom is 0.229 e. The number of fused-ring (bicyclic) bond motifs is 1. The molecular weight excluding hydrogens is 258 g/mol. The highest BCUT2D eigenvalue weighted by Gasteiger charge is 2.18. The minimum absolute atomic E-state index is 0.0468. The van der Waals surface area contributed by atoms with Gasteiger partial charge >= 0.3 is 0 Å². The van der Waals surface area contributed by atoms with Gasteiger partial charge in [-0.25, -0.2) is 8.42 Å². The Morgan fingerprint density at radius 2 is 1.68 bits per heavy atom. The number of hydrogen-bond acceptors (Lipinski definition) is 2. The third kappa shape index (κ3) is 3.26. The normalized spacial score (nSPS) is 12.6. The standard InChI is InChI=1S/C15H19NO2S/c1-15(2,3)14-10-12(16-19(4,17)18)9-11-7-5-6-8-13(11)14/h5-10,16H,1-4H3. The van der Waals surface area contributed by atoms with Crippen molar-refractivity contribution in [2.45, 2.75) is 26.2 Å². The topological polar surface area (TPSA) is 46.2 Å². The first kappa shape index (κ1) is 13.9. The second-order valence-electron chi connectivity index (χ2n) is 5.87. The first-order valence-corrected chi connectivity index (χ1v) is 8.07. The van der Waals surface area contributed by atoms with Crippen LogP contribution in [-0.2, 0) is 15.4 Å². The van der Waals surface area contributed by atoms with Crippen molar-refractivity contribution in [3.05, 3.63) is 42.0 Å². The van der Waals surface area contributed by atoms with Crippen LogP contribution in [0.2, 0.25) is 0 Å². The van der Waals surface area contributed by atoms with Crippen molar-refractivity contribution >= 4 is 26.5 Å². The van der Waals surface area contributed by atoms with E-state index in [-0.39, 0.29) is 5.41 Å². The summed E-state index contributed by atoms with van der Waals surface area (Å²) in [5.74, 6) is 0. The summed E-state index contributed by atoms with van der Waals surface area (Å²) in [5, 5.41) is 2.20. The monoisotopic (exact) mass is 277 g/mol. The quantitative estimate of drug-likeness (QED) is 0.913. The van der Waals surface area contributed by atoms with Crippen molar-refractivity contribution in [3.63, 3.8) is 0 Å². The SMILES string of the molecule is CC(C)(C)c1cc(NS(C)(=O)=O)cc2ccccc12. The minimum Gasteiger partial charge on any atom is -0.284 e. The van der Waals surface area contributed by atoms with Gasteiger partial charge in [-0.2, -0.15) is 0 Å². The van der Waals surface area contributed by atoms with Crippen LogP contribution < -0.4 is 4.72 Å². The van der Waals surface area contributed by atoms with Crippen molar-refractivity contribution in [1.29, 1.82) is 0 Å². The van der Waals surface area contributed by atoms with Gasteiger partial charge in [0.15, 0.2) is 0 Å². The largest absolute Gasteiger partial charge is 0.284 e. The second-order valence-corrected chi connectivity index (χ2v) is 7.62. The molecule has 0 unspecified atom stereocenters. The molecule has 0 atom stereocenters. The van der Waals surface area contributed by atoms with Gasteiger partial charge in [-0.3, -0.25) is 4.72 Å². The Bertz CT molecular complexity index is 712. The van der Waals surface area contributed by atoms with Gasteiger partial charge in [-0.1, -0.05) is 45.0 Å². The lowest BCUT2D eigenvalue weighted by atomic mass is 9.83. The van der Waals surface area contributed by atoms with Crippen molar-refractivity contribution < 1.29 is 8.42 Å². The van der Waals surface area contributed by atoms with Crippen LogP contribution in [0.4, 0.5) is 5.69 Å². The highest BCUT2D eigenvalue weighted by atomic mass is 32.2. The van der Waals surface area contributed by atoms with E-state index < -0.39 is 10.0 Å². The predicted octanol–water partition coefficient (Wildman–Crippen LogP) is 3.51. The number of anilines is 1. The second kappa shape index (κ2) is 4.53. The van der Waals surface area contributed by atoms with Gasteiger partial charge in [0, 0.05) is 5.69 Å². The molecule has 19 heavy (non-hydrogen) atoms. The molecule has 4 heteroatoms. The van der Waals surface area contributed by atoms with Gasteiger partial charge in [0.2, 0.25) is 10.0 Å². The van der Waals surface area contributed by atoms with Gasteiger partial charge in [0.05, 0.1) is 6.26 Å². The molecule has 0 heterocycles. The van der Waals surface area contributed by atoms with Gasteiger partial charge in [-0.05, 0) is 33.9 Å². The van der Waals surface area contributed by atoms with E-state index in [0.717, 1.165) is 16.3 Å². The summed E-state index contributed by atoms with van der Waals surface area (Å²) in [6.45, 7) is 6.37. The van der Waals surface area contributed by atoms with Crippen LogP contribution in [0.3, 0.4) is 0 Å². The van der Waals surface area contributed by atoms with Crippen LogP contribution >= 0.6 is 0 Å². The number of sulfonamides is 1. The fraction of sp³-hybridized carbons (Fsp3) is 0.333. The van der Waals surface area contributed by atoms with Crippen LogP contribution in [0.1, 0.15) is 26.3 Å². The van der Waals surface area contributed by atoms with E-state index in [1.54, 1.807) is 0 Å². The summed E-state index contributed by atoms with van der Waals surface area (Å²) in [7, 11) is -3.26. The lowest BCUT2D eigenvalue weighted by Crippen LogP contribution is -2.14. The van der Waals surface area contributed by atoms with Gasteiger partial charge in [0.25, 0.3) is 0 Å². The smallest absolute Gasteiger partial charge is 0.229 e. The Labute approximate surface area is 114 Å². The Balaban J connectivity index is 2.70. The molecular formula is C15H19NO2S. The molecule has 1 N–H and O–H groups in total. The summed E-state index contributed by atoms with van der Waals surface area (Å²) in [5.41, 5.74) is 1.71. The maximum atomic E-state index is 11.4. The zero-order chi connectivity index (χ0) is 14.3. The molecule has 0 bridgehead atoms. The van der Waals surface area contributed by atoms with Crippen molar-refractivity contribution in [3.8, 4) is 0 Å². The molecule has 0 amide bonds. The highest BCUT2D eigenvalue weighted by Crippen LogP contribution is 2.33. The minimum atomic E-state index is -3.26. The summed E-state index contributed by atoms with van der Waals surface area (Å²) in [4.78, 5) is 0. The van der Waals surface area contributed by atoms with E-state index in [9.17, 15) is 8.42 Å². The molecule has 2 aromatic rings. The molecule has 0 saturated heterocycles. The number of hydrogen-bond donors (Lipinski definition) is 1. The molecule has 2 aromatic carbocycles.